The predicted octanol–water partition coefficient (Wildman–Crippen LogP) is 4.39. The van der Waals surface area contributed by atoms with Crippen LogP contribution in [0.3, 0.4) is 0 Å². The van der Waals surface area contributed by atoms with Crippen molar-refractivity contribution in [3.8, 4) is 16.9 Å². The lowest BCUT2D eigenvalue weighted by atomic mass is 10.0. The number of nitrogens with one attached hydrogen (secondary N) is 1. The molecule has 0 aliphatic carbocycles. The van der Waals surface area contributed by atoms with Crippen LogP contribution in [0.4, 0.5) is 5.13 Å². The second-order valence-corrected chi connectivity index (χ2v) is 9.98. The van der Waals surface area contributed by atoms with Crippen LogP contribution in [0.15, 0.2) is 30.7 Å². The van der Waals surface area contributed by atoms with Crippen LogP contribution in [0.5, 0.6) is 5.75 Å². The van der Waals surface area contributed by atoms with E-state index in [2.05, 4.69) is 30.2 Å². The van der Waals surface area contributed by atoms with Crippen molar-refractivity contribution in [3.63, 3.8) is 0 Å². The zero-order valence-corrected chi connectivity index (χ0v) is 22.1. The fourth-order valence-corrected chi connectivity index (χ4v) is 5.10. The number of hydrogen-bond donors (Lipinski definition) is 1. The fourth-order valence-electron chi connectivity index (χ4n) is 3.96. The van der Waals surface area contributed by atoms with Crippen molar-refractivity contribution in [1.82, 2.24) is 29.8 Å². The number of methoxy groups -OCH3 is 1. The lowest BCUT2D eigenvalue weighted by Gasteiger charge is -2.15. The number of nitrogens with zero attached hydrogens (tertiary/aromatic N) is 6. The minimum Gasteiger partial charge on any atom is -0.494 e. The van der Waals surface area contributed by atoms with Gasteiger partial charge in [-0.3, -0.25) is 24.9 Å². The SMILES string of the molecule is COc1cnc(Cl)cc1-c1cc(C)ncc1C(=O)Nc1nc2c(s1)CN(C(=O)c1cnc(C)c(C)n1)C2. The molecule has 5 heterocycles. The quantitative estimate of drug-likeness (QED) is 0.373. The molecule has 10 nitrogen and oxygen atoms in total. The third-order valence-corrected chi connectivity index (χ3v) is 7.21. The monoisotopic (exact) mass is 535 g/mol. The summed E-state index contributed by atoms with van der Waals surface area (Å²) in [4.78, 5) is 50.3. The largest absolute Gasteiger partial charge is 0.494 e. The molecule has 1 N–H and O–H groups in total. The van der Waals surface area contributed by atoms with Gasteiger partial charge in [0.1, 0.15) is 16.6 Å². The van der Waals surface area contributed by atoms with Gasteiger partial charge in [0.05, 0.1) is 60.1 Å². The minimum atomic E-state index is -0.372. The number of carbonyl (C=O) groups is 2. The smallest absolute Gasteiger partial charge is 0.274 e. The molecule has 1 aliphatic rings. The second kappa shape index (κ2) is 9.83. The van der Waals surface area contributed by atoms with Crippen LogP contribution in [-0.4, -0.2) is 48.7 Å². The molecular formula is C25H22ClN7O3S. The number of aromatic nitrogens is 5. The van der Waals surface area contributed by atoms with E-state index < -0.39 is 0 Å². The Bertz CT molecular complexity index is 1530. The normalized spacial score (nSPS) is 12.4. The number of fused-ring (bicyclic) bond motifs is 1. The fraction of sp³-hybridized carbons (Fsp3) is 0.240. The summed E-state index contributed by atoms with van der Waals surface area (Å²) < 4.78 is 5.44. The van der Waals surface area contributed by atoms with Gasteiger partial charge in [-0.15, -0.1) is 0 Å². The number of ether oxygens (including phenoxy) is 1. The predicted molar refractivity (Wildman–Crippen MR) is 139 cm³/mol. The van der Waals surface area contributed by atoms with Crippen LogP contribution >= 0.6 is 22.9 Å². The van der Waals surface area contributed by atoms with Crippen molar-refractivity contribution in [2.24, 2.45) is 0 Å². The Morgan fingerprint density at radius 3 is 2.54 bits per heavy atom. The molecule has 4 aromatic rings. The van der Waals surface area contributed by atoms with Gasteiger partial charge in [0.15, 0.2) is 5.13 Å². The standard InChI is InChI=1S/C25H22ClN7O3S/c1-12-5-15(16-6-22(26)29-9-20(16)36-4)17(7-27-12)23(34)32-25-31-19-10-33(11-21(19)37-25)24(35)18-8-28-13(2)14(3)30-18/h5-9H,10-11H2,1-4H3,(H,31,32,34). The van der Waals surface area contributed by atoms with Crippen LogP contribution in [0.2, 0.25) is 5.15 Å². The third kappa shape index (κ3) is 4.87. The summed E-state index contributed by atoms with van der Waals surface area (Å²) >= 11 is 7.46. The second-order valence-electron chi connectivity index (χ2n) is 8.51. The molecule has 0 bridgehead atoms. The highest BCUT2D eigenvalue weighted by molar-refractivity contribution is 7.16. The van der Waals surface area contributed by atoms with Crippen molar-refractivity contribution in [2.75, 3.05) is 12.4 Å². The first kappa shape index (κ1) is 24.7. The molecule has 188 valence electrons. The van der Waals surface area contributed by atoms with Gasteiger partial charge < -0.3 is 9.64 Å². The van der Waals surface area contributed by atoms with Gasteiger partial charge in [-0.25, -0.2) is 15.0 Å². The minimum absolute atomic E-state index is 0.202. The summed E-state index contributed by atoms with van der Waals surface area (Å²) in [7, 11) is 1.53. The number of hydrogen-bond acceptors (Lipinski definition) is 9. The molecular weight excluding hydrogens is 514 g/mol. The summed E-state index contributed by atoms with van der Waals surface area (Å²) in [6.45, 7) is 6.23. The lowest BCUT2D eigenvalue weighted by molar-refractivity contribution is 0.0744. The molecule has 5 rings (SSSR count). The Morgan fingerprint density at radius 2 is 1.81 bits per heavy atom. The van der Waals surface area contributed by atoms with E-state index in [4.69, 9.17) is 16.3 Å². The number of pyridine rings is 2. The van der Waals surface area contributed by atoms with E-state index in [1.165, 1.54) is 37.0 Å². The molecule has 0 aromatic carbocycles. The van der Waals surface area contributed by atoms with E-state index in [9.17, 15) is 9.59 Å². The van der Waals surface area contributed by atoms with E-state index >= 15 is 0 Å². The maximum absolute atomic E-state index is 13.3. The molecule has 0 saturated carbocycles. The van der Waals surface area contributed by atoms with E-state index in [0.29, 0.717) is 46.4 Å². The lowest BCUT2D eigenvalue weighted by Crippen LogP contribution is -2.27. The molecule has 0 spiro atoms. The van der Waals surface area contributed by atoms with E-state index in [-0.39, 0.29) is 17.0 Å². The number of halogens is 1. The Hall–Kier alpha value is -3.96. The molecule has 1 aliphatic heterocycles. The number of aryl methyl sites for hydroxylation is 3. The highest BCUT2D eigenvalue weighted by Gasteiger charge is 2.29. The first-order valence-electron chi connectivity index (χ1n) is 11.3. The van der Waals surface area contributed by atoms with Crippen molar-refractivity contribution in [3.05, 3.63) is 74.8 Å². The Morgan fingerprint density at radius 1 is 1.00 bits per heavy atom. The van der Waals surface area contributed by atoms with Crippen LogP contribution in [0.1, 0.15) is 48.5 Å². The number of anilines is 1. The number of carbonyl (C=O) groups excluding carboxylic acids is 2. The highest BCUT2D eigenvalue weighted by Crippen LogP contribution is 2.35. The summed E-state index contributed by atoms with van der Waals surface area (Å²) in [6, 6.07) is 3.44. The zero-order chi connectivity index (χ0) is 26.3. The van der Waals surface area contributed by atoms with Crippen molar-refractivity contribution >= 4 is 39.9 Å². The zero-order valence-electron chi connectivity index (χ0n) is 20.5. The Kier molecular flexibility index (Phi) is 6.57. The number of thiazole rings is 1. The van der Waals surface area contributed by atoms with Gasteiger partial charge >= 0.3 is 0 Å². The molecule has 4 aromatic heterocycles. The van der Waals surface area contributed by atoms with Crippen LogP contribution < -0.4 is 10.1 Å². The molecule has 2 amide bonds. The first-order valence-corrected chi connectivity index (χ1v) is 12.5. The van der Waals surface area contributed by atoms with Gasteiger partial charge in [-0.05, 0) is 32.9 Å². The Balaban J connectivity index is 1.35. The van der Waals surface area contributed by atoms with Crippen molar-refractivity contribution in [2.45, 2.75) is 33.9 Å². The van der Waals surface area contributed by atoms with E-state index in [0.717, 1.165) is 27.7 Å². The molecule has 0 fully saturated rings. The average molecular weight is 536 g/mol. The summed E-state index contributed by atoms with van der Waals surface area (Å²) in [5.74, 6) is -0.0922. The number of rotatable bonds is 5. The molecule has 37 heavy (non-hydrogen) atoms. The van der Waals surface area contributed by atoms with E-state index in [1.807, 2.05) is 20.8 Å². The van der Waals surface area contributed by atoms with Gasteiger partial charge in [0.25, 0.3) is 11.8 Å². The highest BCUT2D eigenvalue weighted by atomic mass is 35.5. The van der Waals surface area contributed by atoms with Crippen molar-refractivity contribution in [1.29, 1.82) is 0 Å². The topological polar surface area (TPSA) is 123 Å². The van der Waals surface area contributed by atoms with Crippen LogP contribution in [-0.2, 0) is 13.1 Å². The maximum atomic E-state index is 13.3. The summed E-state index contributed by atoms with van der Waals surface area (Å²) in [5, 5.41) is 3.59. The molecule has 0 unspecified atom stereocenters. The van der Waals surface area contributed by atoms with Crippen LogP contribution in [0, 0.1) is 20.8 Å². The maximum Gasteiger partial charge on any atom is 0.274 e. The van der Waals surface area contributed by atoms with Crippen molar-refractivity contribution < 1.29 is 14.3 Å². The third-order valence-electron chi connectivity index (χ3n) is 6.00. The van der Waals surface area contributed by atoms with Gasteiger partial charge in [0, 0.05) is 23.0 Å². The van der Waals surface area contributed by atoms with Gasteiger partial charge in [-0.2, -0.15) is 0 Å². The Labute approximate surface area is 221 Å². The average Bonchev–Trinajstić information content (AvgIpc) is 3.44. The summed E-state index contributed by atoms with van der Waals surface area (Å²) in [6.07, 6.45) is 4.52. The summed E-state index contributed by atoms with van der Waals surface area (Å²) in [5.41, 5.74) is 4.87. The van der Waals surface area contributed by atoms with E-state index in [1.54, 1.807) is 17.0 Å². The molecule has 0 atom stereocenters. The first-order chi connectivity index (χ1) is 17.7. The molecule has 0 radical (unpaired) electrons. The van der Waals surface area contributed by atoms with Gasteiger partial charge in [0.2, 0.25) is 0 Å². The molecule has 12 heteroatoms. The number of amides is 2. The van der Waals surface area contributed by atoms with Crippen LogP contribution in [0.25, 0.3) is 11.1 Å². The van der Waals surface area contributed by atoms with Gasteiger partial charge in [-0.1, -0.05) is 22.9 Å². The molecule has 0 saturated heterocycles.